The van der Waals surface area contributed by atoms with Crippen LogP contribution in [0.2, 0.25) is 0 Å². The summed E-state index contributed by atoms with van der Waals surface area (Å²) in [6.07, 6.45) is 4.47. The van der Waals surface area contributed by atoms with Crippen molar-refractivity contribution in [1.29, 1.82) is 0 Å². The number of nitrogens with one attached hydrogen (secondary N) is 1. The van der Waals surface area contributed by atoms with E-state index in [9.17, 15) is 4.79 Å². The SMILES string of the molecule is COCc1ccc([C@H]2CCCN2C(=O)NCCc2nccs2)o1. The Labute approximate surface area is 139 Å². The van der Waals surface area contributed by atoms with E-state index in [-0.39, 0.29) is 12.1 Å². The third-order valence-electron chi connectivity index (χ3n) is 3.91. The molecular weight excluding hydrogens is 314 g/mol. The van der Waals surface area contributed by atoms with Crippen LogP contribution in [0.5, 0.6) is 0 Å². The smallest absolute Gasteiger partial charge is 0.318 e. The van der Waals surface area contributed by atoms with Gasteiger partial charge in [-0.05, 0) is 25.0 Å². The highest BCUT2D eigenvalue weighted by Crippen LogP contribution is 2.33. The van der Waals surface area contributed by atoms with E-state index in [1.165, 1.54) is 0 Å². The van der Waals surface area contributed by atoms with E-state index in [4.69, 9.17) is 9.15 Å². The molecule has 1 aliphatic rings. The van der Waals surface area contributed by atoms with Gasteiger partial charge in [-0.1, -0.05) is 0 Å². The molecule has 1 aliphatic heterocycles. The molecule has 124 valence electrons. The summed E-state index contributed by atoms with van der Waals surface area (Å²) in [5.41, 5.74) is 0. The van der Waals surface area contributed by atoms with Gasteiger partial charge in [0.05, 0.1) is 11.0 Å². The topological polar surface area (TPSA) is 67.6 Å². The third-order valence-corrected chi connectivity index (χ3v) is 4.75. The van der Waals surface area contributed by atoms with Crippen LogP contribution >= 0.6 is 11.3 Å². The average molecular weight is 335 g/mol. The molecule has 0 radical (unpaired) electrons. The van der Waals surface area contributed by atoms with Crippen molar-refractivity contribution >= 4 is 17.4 Å². The van der Waals surface area contributed by atoms with E-state index in [0.717, 1.165) is 42.3 Å². The number of amides is 2. The van der Waals surface area contributed by atoms with Gasteiger partial charge < -0.3 is 19.4 Å². The Bertz CT molecular complexity index is 626. The molecule has 0 bridgehead atoms. The zero-order valence-corrected chi connectivity index (χ0v) is 14.0. The van der Waals surface area contributed by atoms with Crippen LogP contribution in [0.3, 0.4) is 0 Å². The van der Waals surface area contributed by atoms with Crippen LogP contribution < -0.4 is 5.32 Å². The van der Waals surface area contributed by atoms with Gasteiger partial charge in [0.1, 0.15) is 18.1 Å². The number of aromatic nitrogens is 1. The average Bonchev–Trinajstić information content (AvgIpc) is 3.28. The molecule has 2 amide bonds. The minimum absolute atomic E-state index is 0.0143. The van der Waals surface area contributed by atoms with E-state index >= 15 is 0 Å². The van der Waals surface area contributed by atoms with Crippen molar-refractivity contribution in [3.63, 3.8) is 0 Å². The van der Waals surface area contributed by atoms with Gasteiger partial charge in [-0.2, -0.15) is 0 Å². The summed E-state index contributed by atoms with van der Waals surface area (Å²) < 4.78 is 10.9. The van der Waals surface area contributed by atoms with Crippen LogP contribution in [-0.4, -0.2) is 36.1 Å². The third kappa shape index (κ3) is 3.92. The minimum Gasteiger partial charge on any atom is -0.461 e. The lowest BCUT2D eigenvalue weighted by molar-refractivity contribution is 0.156. The molecule has 0 unspecified atom stereocenters. The van der Waals surface area contributed by atoms with Crippen molar-refractivity contribution in [2.45, 2.75) is 31.9 Å². The van der Waals surface area contributed by atoms with Gasteiger partial charge in [0.15, 0.2) is 0 Å². The lowest BCUT2D eigenvalue weighted by Crippen LogP contribution is -2.40. The van der Waals surface area contributed by atoms with Gasteiger partial charge in [-0.15, -0.1) is 11.3 Å². The van der Waals surface area contributed by atoms with Crippen molar-refractivity contribution in [2.24, 2.45) is 0 Å². The second kappa shape index (κ2) is 7.61. The number of carbonyl (C=O) groups is 1. The fourth-order valence-electron chi connectivity index (χ4n) is 2.85. The molecule has 1 N–H and O–H groups in total. The second-order valence-electron chi connectivity index (χ2n) is 5.50. The summed E-state index contributed by atoms with van der Waals surface area (Å²) in [4.78, 5) is 18.5. The fourth-order valence-corrected chi connectivity index (χ4v) is 3.47. The maximum Gasteiger partial charge on any atom is 0.318 e. The van der Waals surface area contributed by atoms with Crippen LogP contribution in [0.15, 0.2) is 28.1 Å². The first-order valence-corrected chi connectivity index (χ1v) is 8.66. The fraction of sp³-hybridized carbons (Fsp3) is 0.500. The molecule has 1 fully saturated rings. The Balaban J connectivity index is 1.55. The number of thiazole rings is 1. The van der Waals surface area contributed by atoms with Crippen molar-refractivity contribution < 1.29 is 13.9 Å². The molecule has 2 aromatic rings. The number of likely N-dealkylation sites (tertiary alicyclic amines) is 1. The van der Waals surface area contributed by atoms with Gasteiger partial charge in [-0.25, -0.2) is 9.78 Å². The van der Waals surface area contributed by atoms with E-state index in [1.807, 2.05) is 22.4 Å². The maximum absolute atomic E-state index is 12.4. The Morgan fingerprint density at radius 3 is 3.26 bits per heavy atom. The highest BCUT2D eigenvalue weighted by molar-refractivity contribution is 7.09. The summed E-state index contributed by atoms with van der Waals surface area (Å²) in [6, 6.07) is 3.84. The van der Waals surface area contributed by atoms with Crippen molar-refractivity contribution in [3.05, 3.63) is 40.2 Å². The normalized spacial score (nSPS) is 17.6. The Morgan fingerprint density at radius 2 is 2.48 bits per heavy atom. The Kier molecular flexibility index (Phi) is 5.30. The highest BCUT2D eigenvalue weighted by atomic mass is 32.1. The number of ether oxygens (including phenoxy) is 1. The van der Waals surface area contributed by atoms with Crippen LogP contribution in [0.1, 0.15) is 35.4 Å². The molecule has 3 rings (SSSR count). The summed E-state index contributed by atoms with van der Waals surface area (Å²) in [5.74, 6) is 1.63. The molecular formula is C16H21N3O3S. The zero-order chi connectivity index (χ0) is 16.1. The summed E-state index contributed by atoms with van der Waals surface area (Å²) in [7, 11) is 1.64. The molecule has 1 saturated heterocycles. The number of carbonyl (C=O) groups excluding carboxylic acids is 1. The Hall–Kier alpha value is -1.86. The van der Waals surface area contributed by atoms with E-state index in [0.29, 0.717) is 13.2 Å². The zero-order valence-electron chi connectivity index (χ0n) is 13.2. The lowest BCUT2D eigenvalue weighted by Gasteiger charge is -2.23. The number of urea groups is 1. The van der Waals surface area contributed by atoms with E-state index in [2.05, 4.69) is 10.3 Å². The largest absolute Gasteiger partial charge is 0.461 e. The first-order valence-electron chi connectivity index (χ1n) is 7.78. The van der Waals surface area contributed by atoms with E-state index < -0.39 is 0 Å². The molecule has 7 heteroatoms. The second-order valence-corrected chi connectivity index (χ2v) is 6.48. The molecule has 0 aromatic carbocycles. The molecule has 0 saturated carbocycles. The number of furan rings is 1. The summed E-state index contributed by atoms with van der Waals surface area (Å²) >= 11 is 1.61. The molecule has 23 heavy (non-hydrogen) atoms. The molecule has 6 nitrogen and oxygen atoms in total. The molecule has 2 aromatic heterocycles. The summed E-state index contributed by atoms with van der Waals surface area (Å²) in [5, 5.41) is 5.97. The minimum atomic E-state index is -0.0336. The van der Waals surface area contributed by atoms with Crippen molar-refractivity contribution in [3.8, 4) is 0 Å². The number of hydrogen-bond donors (Lipinski definition) is 1. The first-order chi connectivity index (χ1) is 11.3. The van der Waals surface area contributed by atoms with Gasteiger partial charge in [0.25, 0.3) is 0 Å². The van der Waals surface area contributed by atoms with Gasteiger partial charge in [0, 0.05) is 38.2 Å². The molecule has 0 aliphatic carbocycles. The van der Waals surface area contributed by atoms with Crippen LogP contribution in [-0.2, 0) is 17.8 Å². The number of hydrogen-bond acceptors (Lipinski definition) is 5. The first kappa shape index (κ1) is 16.0. The quantitative estimate of drug-likeness (QED) is 0.881. The number of rotatable bonds is 6. The predicted molar refractivity (Wildman–Crippen MR) is 87.3 cm³/mol. The van der Waals surface area contributed by atoms with E-state index in [1.54, 1.807) is 24.6 Å². The highest BCUT2D eigenvalue weighted by Gasteiger charge is 2.32. The monoisotopic (exact) mass is 335 g/mol. The van der Waals surface area contributed by atoms with Gasteiger partial charge >= 0.3 is 6.03 Å². The molecule has 0 spiro atoms. The van der Waals surface area contributed by atoms with Crippen molar-refractivity contribution in [2.75, 3.05) is 20.2 Å². The maximum atomic E-state index is 12.4. The van der Waals surface area contributed by atoms with Crippen LogP contribution in [0, 0.1) is 0 Å². The Morgan fingerprint density at radius 1 is 1.57 bits per heavy atom. The molecule has 1 atom stereocenters. The number of methoxy groups -OCH3 is 1. The van der Waals surface area contributed by atoms with Crippen LogP contribution in [0.4, 0.5) is 4.79 Å². The van der Waals surface area contributed by atoms with Crippen molar-refractivity contribution in [1.82, 2.24) is 15.2 Å². The molecule has 3 heterocycles. The summed E-state index contributed by atoms with van der Waals surface area (Å²) in [6.45, 7) is 1.81. The van der Waals surface area contributed by atoms with Crippen LogP contribution in [0.25, 0.3) is 0 Å². The lowest BCUT2D eigenvalue weighted by atomic mass is 10.2. The number of nitrogens with zero attached hydrogens (tertiary/aromatic N) is 2. The van der Waals surface area contributed by atoms with Gasteiger partial charge in [-0.3, -0.25) is 0 Å². The standard InChI is InChI=1S/C16H21N3O3S/c1-21-11-12-4-5-14(22-12)13-3-2-9-19(13)16(20)18-7-6-15-17-8-10-23-15/h4-5,8,10,13H,2-3,6-7,9,11H2,1H3,(H,18,20)/t13-/m1/s1. The van der Waals surface area contributed by atoms with Gasteiger partial charge in [0.2, 0.25) is 0 Å². The predicted octanol–water partition coefficient (Wildman–Crippen LogP) is 2.97.